The van der Waals surface area contributed by atoms with Crippen molar-refractivity contribution in [1.29, 1.82) is 0 Å². The molecule has 0 saturated carbocycles. The lowest BCUT2D eigenvalue weighted by Crippen LogP contribution is -2.46. The first-order valence-corrected chi connectivity index (χ1v) is 6.23. The molecule has 8 nitrogen and oxygen atoms in total. The van der Waals surface area contributed by atoms with E-state index in [0.717, 1.165) is 6.42 Å². The lowest BCUT2D eigenvalue weighted by atomic mass is 10.3. The highest BCUT2D eigenvalue weighted by Gasteiger charge is 2.15. The van der Waals surface area contributed by atoms with Crippen molar-refractivity contribution in [2.24, 2.45) is 5.73 Å². The van der Waals surface area contributed by atoms with Crippen molar-refractivity contribution in [2.75, 3.05) is 6.54 Å². The Morgan fingerprint density at radius 1 is 1.53 bits per heavy atom. The maximum absolute atomic E-state index is 11.7. The van der Waals surface area contributed by atoms with Crippen molar-refractivity contribution < 1.29 is 9.59 Å². The van der Waals surface area contributed by atoms with Crippen LogP contribution in [0.2, 0.25) is 0 Å². The van der Waals surface area contributed by atoms with E-state index in [1.54, 1.807) is 13.1 Å². The highest BCUT2D eigenvalue weighted by Crippen LogP contribution is 1.91. The van der Waals surface area contributed by atoms with Crippen molar-refractivity contribution in [2.45, 2.75) is 39.4 Å². The lowest BCUT2D eigenvalue weighted by molar-refractivity contribution is -0.129. The van der Waals surface area contributed by atoms with Crippen LogP contribution in [0.1, 0.15) is 26.0 Å². The molecule has 106 valence electrons. The van der Waals surface area contributed by atoms with Crippen LogP contribution < -0.4 is 16.4 Å². The first-order chi connectivity index (χ1) is 9.06. The molecule has 1 unspecified atom stereocenters. The minimum Gasteiger partial charge on any atom is -0.354 e. The van der Waals surface area contributed by atoms with Crippen LogP contribution in [0.3, 0.4) is 0 Å². The largest absolute Gasteiger partial charge is 0.354 e. The van der Waals surface area contributed by atoms with Crippen LogP contribution >= 0.6 is 0 Å². The van der Waals surface area contributed by atoms with Crippen molar-refractivity contribution in [1.82, 2.24) is 25.6 Å². The molecule has 4 N–H and O–H groups in total. The van der Waals surface area contributed by atoms with E-state index >= 15 is 0 Å². The molecule has 0 spiro atoms. The van der Waals surface area contributed by atoms with Crippen molar-refractivity contribution in [3.63, 3.8) is 0 Å². The fraction of sp³-hybridized carbons (Fsp3) is 0.636. The normalized spacial score (nSPS) is 11.9. The van der Waals surface area contributed by atoms with Gasteiger partial charge in [0.1, 0.15) is 12.6 Å². The van der Waals surface area contributed by atoms with Crippen LogP contribution in [0.25, 0.3) is 0 Å². The number of nitrogens with one attached hydrogen (secondary N) is 2. The van der Waals surface area contributed by atoms with E-state index in [4.69, 9.17) is 5.73 Å². The average molecular weight is 268 g/mol. The number of nitrogens with two attached hydrogens (primary N) is 1. The second-order valence-electron chi connectivity index (χ2n) is 4.19. The van der Waals surface area contributed by atoms with E-state index in [1.165, 1.54) is 4.68 Å². The first-order valence-electron chi connectivity index (χ1n) is 6.23. The molecule has 8 heteroatoms. The number of carbonyl (C=O) groups excluding carboxylic acids is 2. The van der Waals surface area contributed by atoms with E-state index in [9.17, 15) is 9.59 Å². The van der Waals surface area contributed by atoms with Gasteiger partial charge in [-0.25, -0.2) is 4.68 Å². The minimum atomic E-state index is -0.573. The summed E-state index contributed by atoms with van der Waals surface area (Å²) in [6, 6.07) is -0.573. The topological polar surface area (TPSA) is 115 Å². The quantitative estimate of drug-likeness (QED) is 0.572. The van der Waals surface area contributed by atoms with Crippen molar-refractivity contribution in [3.05, 3.63) is 11.9 Å². The number of amides is 2. The predicted molar refractivity (Wildman–Crippen MR) is 68.8 cm³/mol. The van der Waals surface area contributed by atoms with E-state index in [2.05, 4.69) is 20.9 Å². The van der Waals surface area contributed by atoms with Gasteiger partial charge < -0.3 is 16.4 Å². The van der Waals surface area contributed by atoms with E-state index in [0.29, 0.717) is 12.2 Å². The molecule has 0 aliphatic carbocycles. The molecule has 0 bridgehead atoms. The van der Waals surface area contributed by atoms with E-state index < -0.39 is 6.04 Å². The summed E-state index contributed by atoms with van der Waals surface area (Å²) < 4.78 is 1.38. The van der Waals surface area contributed by atoms with Gasteiger partial charge in [-0.05, 0) is 13.3 Å². The lowest BCUT2D eigenvalue weighted by Gasteiger charge is -2.13. The molecule has 1 aromatic rings. The highest BCUT2D eigenvalue weighted by atomic mass is 16.2. The van der Waals surface area contributed by atoms with Gasteiger partial charge in [-0.1, -0.05) is 12.1 Å². The number of aromatic nitrogens is 3. The molecular weight excluding hydrogens is 248 g/mol. The van der Waals surface area contributed by atoms with Crippen LogP contribution in [0.4, 0.5) is 0 Å². The Hall–Kier alpha value is -1.96. The third-order valence-corrected chi connectivity index (χ3v) is 2.42. The van der Waals surface area contributed by atoms with Crippen LogP contribution in [0.15, 0.2) is 6.20 Å². The minimum absolute atomic E-state index is 0.0123. The van der Waals surface area contributed by atoms with Crippen molar-refractivity contribution in [3.8, 4) is 0 Å². The molecule has 0 radical (unpaired) electrons. The zero-order valence-electron chi connectivity index (χ0n) is 11.2. The Morgan fingerprint density at radius 2 is 2.26 bits per heavy atom. The molecule has 1 heterocycles. The summed E-state index contributed by atoms with van der Waals surface area (Å²) in [5.41, 5.74) is 6.00. The fourth-order valence-corrected chi connectivity index (χ4v) is 1.41. The summed E-state index contributed by atoms with van der Waals surface area (Å²) in [6.07, 6.45) is 2.45. The summed E-state index contributed by atoms with van der Waals surface area (Å²) in [6.45, 7) is 4.48. The Bertz CT molecular complexity index is 431. The van der Waals surface area contributed by atoms with E-state index in [-0.39, 0.29) is 24.9 Å². The fourth-order valence-electron chi connectivity index (χ4n) is 1.41. The number of hydrogen-bond acceptors (Lipinski definition) is 5. The number of hydrogen-bond donors (Lipinski definition) is 3. The van der Waals surface area contributed by atoms with Gasteiger partial charge in [0, 0.05) is 13.1 Å². The molecule has 0 fully saturated rings. The third kappa shape index (κ3) is 5.04. The predicted octanol–water partition coefficient (Wildman–Crippen LogP) is -1.23. The van der Waals surface area contributed by atoms with Crippen molar-refractivity contribution >= 4 is 11.8 Å². The van der Waals surface area contributed by atoms with E-state index in [1.807, 2.05) is 6.92 Å². The zero-order chi connectivity index (χ0) is 14.3. The second kappa shape index (κ2) is 7.47. The molecule has 0 aromatic carbocycles. The van der Waals surface area contributed by atoms with Gasteiger partial charge in [-0.2, -0.15) is 0 Å². The summed E-state index contributed by atoms with van der Waals surface area (Å²) in [5.74, 6) is -0.496. The van der Waals surface area contributed by atoms with Crippen LogP contribution in [-0.4, -0.2) is 39.4 Å². The molecule has 1 aromatic heterocycles. The van der Waals surface area contributed by atoms with Gasteiger partial charge in [-0.15, -0.1) is 5.10 Å². The van der Waals surface area contributed by atoms with Gasteiger partial charge in [0.15, 0.2) is 0 Å². The molecule has 1 atom stereocenters. The first kappa shape index (κ1) is 15.1. The molecule has 19 heavy (non-hydrogen) atoms. The maximum Gasteiger partial charge on any atom is 0.242 e. The molecule has 2 amide bonds. The summed E-state index contributed by atoms with van der Waals surface area (Å²) >= 11 is 0. The second-order valence-corrected chi connectivity index (χ2v) is 4.19. The average Bonchev–Trinajstić information content (AvgIpc) is 2.83. The van der Waals surface area contributed by atoms with Crippen LogP contribution in [0.5, 0.6) is 0 Å². The van der Waals surface area contributed by atoms with Gasteiger partial charge in [0.25, 0.3) is 0 Å². The Labute approximate surface area is 111 Å². The molecule has 0 aliphatic rings. The molecule has 0 saturated heterocycles. The molecular formula is C11H20N6O2. The van der Waals surface area contributed by atoms with Gasteiger partial charge in [0.2, 0.25) is 11.8 Å². The maximum atomic E-state index is 11.7. The zero-order valence-corrected chi connectivity index (χ0v) is 11.2. The van der Waals surface area contributed by atoms with Crippen LogP contribution in [-0.2, 0) is 22.7 Å². The summed E-state index contributed by atoms with van der Waals surface area (Å²) in [5, 5.41) is 12.8. The monoisotopic (exact) mass is 268 g/mol. The number of rotatable bonds is 7. The highest BCUT2D eigenvalue weighted by molar-refractivity contribution is 5.87. The van der Waals surface area contributed by atoms with Gasteiger partial charge in [-0.3, -0.25) is 9.59 Å². The number of carbonyl (C=O) groups is 2. The summed E-state index contributed by atoms with van der Waals surface area (Å²) in [7, 11) is 0. The SMILES string of the molecule is CCCNC(=O)C(C)NC(=O)Cn1cc(CN)nn1. The smallest absolute Gasteiger partial charge is 0.242 e. The molecule has 1 rings (SSSR count). The standard InChI is InChI=1S/C11H20N6O2/c1-3-4-13-11(19)8(2)14-10(18)7-17-6-9(5-12)15-16-17/h6,8H,3-5,7,12H2,1-2H3,(H,13,19)(H,14,18). The summed E-state index contributed by atoms with van der Waals surface area (Å²) in [4.78, 5) is 23.3. The van der Waals surface area contributed by atoms with Gasteiger partial charge >= 0.3 is 0 Å². The van der Waals surface area contributed by atoms with Gasteiger partial charge in [0.05, 0.1) is 11.9 Å². The number of nitrogens with zero attached hydrogens (tertiary/aromatic N) is 3. The Balaban J connectivity index is 2.39. The Kier molecular flexibility index (Phi) is 5.94. The van der Waals surface area contributed by atoms with Crippen LogP contribution in [0, 0.1) is 0 Å². The molecule has 0 aliphatic heterocycles. The third-order valence-electron chi connectivity index (χ3n) is 2.42. The Morgan fingerprint density at radius 3 is 2.84 bits per heavy atom.